The summed E-state index contributed by atoms with van der Waals surface area (Å²) in [4.78, 5) is 12.4. The molecule has 2 heteroatoms. The lowest BCUT2D eigenvalue weighted by Crippen LogP contribution is -2.50. The SMILES string of the molecule is C[C@]12CCC(O)CC1=CCC1C2CC[C@]2(C)C(=O)CCC12. The molecule has 0 bridgehead atoms. The molecule has 0 saturated heterocycles. The second-order valence-electron chi connectivity index (χ2n) is 8.57. The molecule has 0 heterocycles. The Morgan fingerprint density at radius 1 is 1.10 bits per heavy atom. The highest BCUT2D eigenvalue weighted by Gasteiger charge is 2.58. The molecule has 116 valence electrons. The Labute approximate surface area is 128 Å². The minimum atomic E-state index is -0.122. The van der Waals surface area contributed by atoms with Crippen molar-refractivity contribution in [2.24, 2.45) is 28.6 Å². The Morgan fingerprint density at radius 3 is 2.62 bits per heavy atom. The van der Waals surface area contributed by atoms with Gasteiger partial charge in [0.25, 0.3) is 0 Å². The fraction of sp³-hybridized carbons (Fsp3) is 0.842. The predicted molar refractivity (Wildman–Crippen MR) is 82.7 cm³/mol. The molecule has 0 aromatic heterocycles. The highest BCUT2D eigenvalue weighted by Crippen LogP contribution is 2.63. The molecule has 4 rings (SSSR count). The number of Topliss-reactive ketones (excluding diaryl/α,β-unsaturated/α-hetero) is 1. The molecule has 1 N–H and O–H groups in total. The van der Waals surface area contributed by atoms with Gasteiger partial charge in [0.1, 0.15) is 5.78 Å². The van der Waals surface area contributed by atoms with Crippen LogP contribution in [0.1, 0.15) is 65.2 Å². The van der Waals surface area contributed by atoms with E-state index in [2.05, 4.69) is 19.9 Å². The van der Waals surface area contributed by atoms with Gasteiger partial charge in [0, 0.05) is 11.8 Å². The molecule has 4 aliphatic rings. The first-order valence-electron chi connectivity index (χ1n) is 8.86. The lowest BCUT2D eigenvalue weighted by atomic mass is 9.48. The minimum Gasteiger partial charge on any atom is -0.393 e. The zero-order valence-corrected chi connectivity index (χ0v) is 13.4. The van der Waals surface area contributed by atoms with E-state index in [4.69, 9.17) is 0 Å². The van der Waals surface area contributed by atoms with Crippen LogP contribution in [0.5, 0.6) is 0 Å². The van der Waals surface area contributed by atoms with Crippen molar-refractivity contribution in [1.82, 2.24) is 0 Å². The quantitative estimate of drug-likeness (QED) is 0.687. The summed E-state index contributed by atoms with van der Waals surface area (Å²) in [6, 6.07) is 0. The molecule has 0 spiro atoms. The summed E-state index contributed by atoms with van der Waals surface area (Å²) < 4.78 is 0. The largest absolute Gasteiger partial charge is 0.393 e. The summed E-state index contributed by atoms with van der Waals surface area (Å²) in [7, 11) is 0. The number of hydrogen-bond donors (Lipinski definition) is 1. The minimum absolute atomic E-state index is 0.0168. The zero-order valence-electron chi connectivity index (χ0n) is 13.4. The van der Waals surface area contributed by atoms with Crippen LogP contribution >= 0.6 is 0 Å². The first kappa shape index (κ1) is 14.0. The van der Waals surface area contributed by atoms with E-state index in [1.165, 1.54) is 12.0 Å². The number of ketones is 1. The maximum atomic E-state index is 12.4. The van der Waals surface area contributed by atoms with Crippen molar-refractivity contribution in [2.45, 2.75) is 71.3 Å². The highest BCUT2D eigenvalue weighted by molar-refractivity contribution is 5.87. The molecular formula is C19H28O2. The topological polar surface area (TPSA) is 37.3 Å². The van der Waals surface area contributed by atoms with Crippen LogP contribution in [-0.2, 0) is 4.79 Å². The van der Waals surface area contributed by atoms with Crippen LogP contribution in [-0.4, -0.2) is 17.0 Å². The fourth-order valence-electron chi connectivity index (χ4n) is 6.41. The van der Waals surface area contributed by atoms with Gasteiger partial charge in [-0.1, -0.05) is 25.5 Å². The van der Waals surface area contributed by atoms with Crippen molar-refractivity contribution in [1.29, 1.82) is 0 Å². The number of aliphatic hydroxyl groups is 1. The second kappa shape index (κ2) is 4.44. The number of fused-ring (bicyclic) bond motifs is 5. The molecule has 2 nitrogen and oxygen atoms in total. The van der Waals surface area contributed by atoms with Gasteiger partial charge >= 0.3 is 0 Å². The maximum absolute atomic E-state index is 12.4. The number of hydrogen-bond acceptors (Lipinski definition) is 2. The monoisotopic (exact) mass is 288 g/mol. The van der Waals surface area contributed by atoms with E-state index in [-0.39, 0.29) is 11.5 Å². The summed E-state index contributed by atoms with van der Waals surface area (Å²) in [6.07, 6.45) is 10.7. The van der Waals surface area contributed by atoms with Crippen molar-refractivity contribution in [3.05, 3.63) is 11.6 Å². The van der Waals surface area contributed by atoms with Crippen molar-refractivity contribution in [3.8, 4) is 0 Å². The average molecular weight is 288 g/mol. The number of allylic oxidation sites excluding steroid dienone is 1. The van der Waals surface area contributed by atoms with Gasteiger partial charge in [0.15, 0.2) is 0 Å². The van der Waals surface area contributed by atoms with Gasteiger partial charge in [-0.2, -0.15) is 0 Å². The summed E-state index contributed by atoms with van der Waals surface area (Å²) >= 11 is 0. The fourth-order valence-corrected chi connectivity index (χ4v) is 6.41. The van der Waals surface area contributed by atoms with E-state index < -0.39 is 0 Å². The first-order chi connectivity index (χ1) is 9.95. The van der Waals surface area contributed by atoms with Crippen molar-refractivity contribution in [2.75, 3.05) is 0 Å². The number of carbonyl (C=O) groups excluding carboxylic acids is 1. The normalized spacial score (nSPS) is 52.7. The van der Waals surface area contributed by atoms with Crippen LogP contribution in [0.4, 0.5) is 0 Å². The Hall–Kier alpha value is -0.630. The molecule has 3 saturated carbocycles. The van der Waals surface area contributed by atoms with E-state index >= 15 is 0 Å². The van der Waals surface area contributed by atoms with E-state index in [1.807, 2.05) is 0 Å². The first-order valence-corrected chi connectivity index (χ1v) is 8.86. The van der Waals surface area contributed by atoms with Gasteiger partial charge in [0.05, 0.1) is 6.10 Å². The zero-order chi connectivity index (χ0) is 14.8. The average Bonchev–Trinajstić information content (AvgIpc) is 2.76. The molecule has 3 fully saturated rings. The van der Waals surface area contributed by atoms with E-state index in [0.29, 0.717) is 23.0 Å². The molecule has 0 amide bonds. The molecule has 4 unspecified atom stereocenters. The van der Waals surface area contributed by atoms with Crippen LogP contribution in [0.15, 0.2) is 11.6 Å². The lowest BCUT2D eigenvalue weighted by molar-refractivity contribution is -0.132. The Kier molecular flexibility index (Phi) is 2.96. The third-order valence-electron chi connectivity index (χ3n) is 7.79. The third-order valence-corrected chi connectivity index (χ3v) is 7.79. The maximum Gasteiger partial charge on any atom is 0.139 e. The van der Waals surface area contributed by atoms with Crippen LogP contribution in [0.3, 0.4) is 0 Å². The second-order valence-corrected chi connectivity index (χ2v) is 8.57. The Morgan fingerprint density at radius 2 is 1.81 bits per heavy atom. The Balaban J connectivity index is 1.69. The standard InChI is InChI=1S/C19H28O2/c1-18-9-7-13(20)11-12(18)3-4-14-15-5-6-17(21)19(15,2)10-8-16(14)18/h3,13-16,20H,4-11H2,1-2H3/t13?,14?,15?,16?,18-,19-/m0/s1. The summed E-state index contributed by atoms with van der Waals surface area (Å²) in [5.74, 6) is 2.60. The van der Waals surface area contributed by atoms with Gasteiger partial charge in [-0.25, -0.2) is 0 Å². The molecule has 0 radical (unpaired) electrons. The molecule has 4 aliphatic carbocycles. The third kappa shape index (κ3) is 1.78. The number of aliphatic hydroxyl groups excluding tert-OH is 1. The predicted octanol–water partition coefficient (Wildman–Crippen LogP) is 3.88. The van der Waals surface area contributed by atoms with Crippen LogP contribution in [0.2, 0.25) is 0 Å². The molecular weight excluding hydrogens is 260 g/mol. The number of carbonyl (C=O) groups is 1. The van der Waals surface area contributed by atoms with Gasteiger partial charge in [0.2, 0.25) is 0 Å². The Bertz CT molecular complexity index is 508. The van der Waals surface area contributed by atoms with E-state index in [1.54, 1.807) is 0 Å². The molecule has 21 heavy (non-hydrogen) atoms. The van der Waals surface area contributed by atoms with Crippen molar-refractivity contribution < 1.29 is 9.90 Å². The molecule has 0 aliphatic heterocycles. The van der Waals surface area contributed by atoms with E-state index in [0.717, 1.165) is 50.9 Å². The number of rotatable bonds is 0. The summed E-state index contributed by atoms with van der Waals surface area (Å²) in [5, 5.41) is 10.00. The van der Waals surface area contributed by atoms with Gasteiger partial charge in [-0.15, -0.1) is 0 Å². The summed E-state index contributed by atoms with van der Waals surface area (Å²) in [5.41, 5.74) is 1.81. The summed E-state index contributed by atoms with van der Waals surface area (Å²) in [6.45, 7) is 4.69. The van der Waals surface area contributed by atoms with Crippen molar-refractivity contribution >= 4 is 5.78 Å². The molecule has 0 aromatic rings. The van der Waals surface area contributed by atoms with Crippen LogP contribution < -0.4 is 0 Å². The van der Waals surface area contributed by atoms with Crippen LogP contribution in [0, 0.1) is 28.6 Å². The van der Waals surface area contributed by atoms with Gasteiger partial charge < -0.3 is 5.11 Å². The molecule has 6 atom stereocenters. The highest BCUT2D eigenvalue weighted by atomic mass is 16.3. The molecule has 0 aromatic carbocycles. The van der Waals surface area contributed by atoms with Crippen molar-refractivity contribution in [3.63, 3.8) is 0 Å². The lowest BCUT2D eigenvalue weighted by Gasteiger charge is -2.56. The van der Waals surface area contributed by atoms with E-state index in [9.17, 15) is 9.90 Å². The smallest absolute Gasteiger partial charge is 0.139 e. The van der Waals surface area contributed by atoms with Gasteiger partial charge in [-0.3, -0.25) is 4.79 Å². The van der Waals surface area contributed by atoms with Crippen LogP contribution in [0.25, 0.3) is 0 Å². The van der Waals surface area contributed by atoms with Gasteiger partial charge in [-0.05, 0) is 68.1 Å².